The fraction of sp³-hybridized carbons (Fsp3) is 0.481. The molecule has 1 unspecified atom stereocenters. The van der Waals surface area contributed by atoms with Gasteiger partial charge in [0.1, 0.15) is 6.04 Å². The van der Waals surface area contributed by atoms with Crippen molar-refractivity contribution in [3.05, 3.63) is 71.3 Å². The second-order valence-corrected chi connectivity index (χ2v) is 9.68. The third-order valence-electron chi connectivity index (χ3n) is 6.28. The van der Waals surface area contributed by atoms with Crippen molar-refractivity contribution in [2.75, 3.05) is 5.75 Å². The molecule has 2 amide bonds. The van der Waals surface area contributed by atoms with Gasteiger partial charge in [-0.15, -0.1) is 11.8 Å². The predicted octanol–water partition coefficient (Wildman–Crippen LogP) is 5.48. The highest BCUT2D eigenvalue weighted by atomic mass is 32.2. The number of hydrogen-bond acceptors (Lipinski definition) is 3. The highest BCUT2D eigenvalue weighted by Gasteiger charge is 2.30. The standard InChI is InChI=1S/C27H36N2O2S/c1-3-25(27(31)28-24-16-8-5-9-17-24)29(18-22-13-6-4-7-14-22)26(30)20-32-19-23-15-11-10-12-21(23)2/h4,6-7,10-15,24-25H,3,5,8-9,16-20H2,1-2H3,(H,28,31). The Morgan fingerprint density at radius 1 is 1.03 bits per heavy atom. The lowest BCUT2D eigenvalue weighted by Gasteiger charge is -2.32. The molecule has 1 atom stereocenters. The van der Waals surface area contributed by atoms with Crippen molar-refractivity contribution in [1.29, 1.82) is 0 Å². The molecule has 1 aliphatic carbocycles. The van der Waals surface area contributed by atoms with Crippen LogP contribution in [-0.2, 0) is 21.9 Å². The van der Waals surface area contributed by atoms with Crippen LogP contribution >= 0.6 is 11.8 Å². The van der Waals surface area contributed by atoms with Gasteiger partial charge in [0.15, 0.2) is 0 Å². The van der Waals surface area contributed by atoms with Gasteiger partial charge in [-0.1, -0.05) is 80.8 Å². The van der Waals surface area contributed by atoms with Crippen molar-refractivity contribution in [1.82, 2.24) is 10.2 Å². The van der Waals surface area contributed by atoms with E-state index in [-0.39, 0.29) is 17.9 Å². The number of amides is 2. The summed E-state index contributed by atoms with van der Waals surface area (Å²) in [7, 11) is 0. The van der Waals surface area contributed by atoms with Crippen LogP contribution in [0.4, 0.5) is 0 Å². The van der Waals surface area contributed by atoms with Crippen LogP contribution in [0.5, 0.6) is 0 Å². The number of carbonyl (C=O) groups is 2. The molecule has 0 spiro atoms. The van der Waals surface area contributed by atoms with Gasteiger partial charge in [-0.2, -0.15) is 0 Å². The van der Waals surface area contributed by atoms with Gasteiger partial charge in [0.2, 0.25) is 11.8 Å². The van der Waals surface area contributed by atoms with Gasteiger partial charge in [0.25, 0.3) is 0 Å². The number of aryl methyl sites for hydroxylation is 1. The van der Waals surface area contributed by atoms with Gasteiger partial charge < -0.3 is 10.2 Å². The highest BCUT2D eigenvalue weighted by Crippen LogP contribution is 2.21. The van der Waals surface area contributed by atoms with Gasteiger partial charge in [-0.05, 0) is 42.9 Å². The van der Waals surface area contributed by atoms with Crippen molar-refractivity contribution in [2.45, 2.75) is 76.8 Å². The number of hydrogen-bond donors (Lipinski definition) is 1. The molecule has 2 aromatic carbocycles. The molecular formula is C27H36N2O2S. The summed E-state index contributed by atoms with van der Waals surface area (Å²) in [6, 6.07) is 18.1. The molecule has 0 aromatic heterocycles. The van der Waals surface area contributed by atoms with Crippen LogP contribution in [0.25, 0.3) is 0 Å². The van der Waals surface area contributed by atoms with Crippen LogP contribution in [0, 0.1) is 6.92 Å². The van der Waals surface area contributed by atoms with Gasteiger partial charge in [0.05, 0.1) is 5.75 Å². The molecule has 0 heterocycles. The molecule has 0 aliphatic heterocycles. The van der Waals surface area contributed by atoms with Crippen LogP contribution in [0.15, 0.2) is 54.6 Å². The summed E-state index contributed by atoms with van der Waals surface area (Å²) in [4.78, 5) is 28.3. The maximum Gasteiger partial charge on any atom is 0.243 e. The van der Waals surface area contributed by atoms with E-state index in [0.717, 1.165) is 24.2 Å². The van der Waals surface area contributed by atoms with Crippen LogP contribution < -0.4 is 5.32 Å². The Morgan fingerprint density at radius 2 is 1.72 bits per heavy atom. The summed E-state index contributed by atoms with van der Waals surface area (Å²) >= 11 is 1.62. The van der Waals surface area contributed by atoms with Crippen LogP contribution in [0.2, 0.25) is 0 Å². The first-order valence-electron chi connectivity index (χ1n) is 11.8. The largest absolute Gasteiger partial charge is 0.352 e. The number of nitrogens with zero attached hydrogens (tertiary/aromatic N) is 1. The van der Waals surface area contributed by atoms with Crippen molar-refractivity contribution >= 4 is 23.6 Å². The maximum absolute atomic E-state index is 13.3. The van der Waals surface area contributed by atoms with E-state index in [4.69, 9.17) is 0 Å². The first-order chi connectivity index (χ1) is 15.6. The van der Waals surface area contributed by atoms with Crippen LogP contribution in [0.3, 0.4) is 0 Å². The molecule has 0 radical (unpaired) electrons. The minimum atomic E-state index is -0.441. The third kappa shape index (κ3) is 7.13. The number of nitrogens with one attached hydrogen (secondary N) is 1. The lowest BCUT2D eigenvalue weighted by Crippen LogP contribution is -2.52. The van der Waals surface area contributed by atoms with Gasteiger partial charge in [0, 0.05) is 18.3 Å². The zero-order valence-corrected chi connectivity index (χ0v) is 20.2. The first kappa shape index (κ1) is 24.4. The number of carbonyl (C=O) groups excluding carboxylic acids is 2. The van der Waals surface area contributed by atoms with Gasteiger partial charge in [-0.25, -0.2) is 0 Å². The fourth-order valence-corrected chi connectivity index (χ4v) is 5.33. The van der Waals surface area contributed by atoms with Crippen molar-refractivity contribution in [2.24, 2.45) is 0 Å². The smallest absolute Gasteiger partial charge is 0.243 e. The van der Waals surface area contributed by atoms with E-state index < -0.39 is 6.04 Å². The summed E-state index contributed by atoms with van der Waals surface area (Å²) < 4.78 is 0. The topological polar surface area (TPSA) is 49.4 Å². The fourth-order valence-electron chi connectivity index (χ4n) is 4.35. The summed E-state index contributed by atoms with van der Waals surface area (Å²) in [6.45, 7) is 4.56. The zero-order valence-electron chi connectivity index (χ0n) is 19.4. The monoisotopic (exact) mass is 452 g/mol. The van der Waals surface area contributed by atoms with E-state index in [1.54, 1.807) is 16.7 Å². The Kier molecular flexibility index (Phi) is 9.66. The van der Waals surface area contributed by atoms with E-state index in [0.29, 0.717) is 18.7 Å². The molecule has 0 saturated heterocycles. The molecule has 2 aromatic rings. The molecule has 1 saturated carbocycles. The second kappa shape index (κ2) is 12.7. The second-order valence-electron chi connectivity index (χ2n) is 8.69. The lowest BCUT2D eigenvalue weighted by atomic mass is 9.95. The average molecular weight is 453 g/mol. The summed E-state index contributed by atoms with van der Waals surface area (Å²) in [5, 5.41) is 3.24. The van der Waals surface area contributed by atoms with E-state index in [1.165, 1.54) is 30.4 Å². The Bertz CT molecular complexity index is 865. The van der Waals surface area contributed by atoms with Crippen molar-refractivity contribution in [3.8, 4) is 0 Å². The van der Waals surface area contributed by atoms with Gasteiger partial charge >= 0.3 is 0 Å². The highest BCUT2D eigenvalue weighted by molar-refractivity contribution is 7.99. The zero-order chi connectivity index (χ0) is 22.8. The minimum absolute atomic E-state index is 0.00687. The first-order valence-corrected chi connectivity index (χ1v) is 13.0. The number of benzene rings is 2. The number of rotatable bonds is 10. The molecular weight excluding hydrogens is 416 g/mol. The summed E-state index contributed by atoms with van der Waals surface area (Å²) in [6.07, 6.45) is 6.29. The Labute approximate surface area is 197 Å². The van der Waals surface area contributed by atoms with E-state index in [1.807, 2.05) is 49.4 Å². The average Bonchev–Trinajstić information content (AvgIpc) is 2.81. The Hall–Kier alpha value is -2.27. The number of thioether (sulfide) groups is 1. The molecule has 4 nitrogen and oxygen atoms in total. The molecule has 1 fully saturated rings. The SMILES string of the molecule is CCC(C(=O)NC1CCCCC1)N(Cc1ccccc1)C(=O)CSCc1ccccc1C. The predicted molar refractivity (Wildman–Crippen MR) is 133 cm³/mol. The van der Waals surface area contributed by atoms with Gasteiger partial charge in [-0.3, -0.25) is 9.59 Å². The molecule has 3 rings (SSSR count). The Morgan fingerprint density at radius 3 is 2.41 bits per heavy atom. The normalized spacial score (nSPS) is 15.2. The quantitative estimate of drug-likeness (QED) is 0.519. The maximum atomic E-state index is 13.3. The molecule has 172 valence electrons. The summed E-state index contributed by atoms with van der Waals surface area (Å²) in [5.41, 5.74) is 3.54. The van der Waals surface area contributed by atoms with Crippen LogP contribution in [0.1, 0.15) is 62.1 Å². The molecule has 1 N–H and O–H groups in total. The molecule has 32 heavy (non-hydrogen) atoms. The molecule has 1 aliphatic rings. The van der Waals surface area contributed by atoms with Crippen LogP contribution in [-0.4, -0.2) is 34.6 Å². The van der Waals surface area contributed by atoms with E-state index in [2.05, 4.69) is 24.4 Å². The van der Waals surface area contributed by atoms with E-state index in [9.17, 15) is 9.59 Å². The van der Waals surface area contributed by atoms with Crippen molar-refractivity contribution in [3.63, 3.8) is 0 Å². The lowest BCUT2D eigenvalue weighted by molar-refractivity contribution is -0.139. The van der Waals surface area contributed by atoms with E-state index >= 15 is 0 Å². The van der Waals surface area contributed by atoms with Crippen molar-refractivity contribution < 1.29 is 9.59 Å². The molecule has 5 heteroatoms. The Balaban J connectivity index is 1.68. The molecule has 0 bridgehead atoms. The summed E-state index contributed by atoms with van der Waals surface area (Å²) in [5.74, 6) is 1.18. The third-order valence-corrected chi connectivity index (χ3v) is 7.24. The minimum Gasteiger partial charge on any atom is -0.352 e.